The first-order valence-corrected chi connectivity index (χ1v) is 9.64. The van der Waals surface area contributed by atoms with Gasteiger partial charge in [0.25, 0.3) is 5.91 Å². The lowest BCUT2D eigenvalue weighted by atomic mass is 10.0. The third-order valence-electron chi connectivity index (χ3n) is 4.83. The Bertz CT molecular complexity index is 792. The predicted molar refractivity (Wildman–Crippen MR) is 108 cm³/mol. The molecule has 0 spiro atoms. The van der Waals surface area contributed by atoms with Gasteiger partial charge in [-0.15, -0.1) is 0 Å². The number of fused-ring (bicyclic) bond motifs is 1. The standard InChI is InChI=1S/C20H23Cl2N3O/c1-3-24(4-2)11-12-25-19(15-10-9-14(21)13-17(15)22)23-18-8-6-5-7-16(18)20(25)26/h5-10,13,19,23H,3-4,11-12H2,1-2H3/t19-/m1/s1. The highest BCUT2D eigenvalue weighted by atomic mass is 35.5. The molecule has 1 aliphatic rings. The van der Waals surface area contributed by atoms with E-state index in [0.717, 1.165) is 30.9 Å². The van der Waals surface area contributed by atoms with Gasteiger partial charge in [-0.1, -0.05) is 55.2 Å². The SMILES string of the molecule is CCN(CC)CCN1C(=O)c2ccccc2N[C@H]1c1ccc(Cl)cc1Cl. The van der Waals surface area contributed by atoms with Gasteiger partial charge in [0.15, 0.2) is 0 Å². The van der Waals surface area contributed by atoms with Crippen molar-refractivity contribution in [2.45, 2.75) is 20.0 Å². The molecule has 0 radical (unpaired) electrons. The normalized spacial score (nSPS) is 16.6. The van der Waals surface area contributed by atoms with Crippen LogP contribution in [-0.2, 0) is 0 Å². The molecule has 1 atom stereocenters. The van der Waals surface area contributed by atoms with Crippen LogP contribution < -0.4 is 5.32 Å². The number of anilines is 1. The molecule has 0 fully saturated rings. The molecule has 26 heavy (non-hydrogen) atoms. The highest BCUT2D eigenvalue weighted by molar-refractivity contribution is 6.35. The number of para-hydroxylation sites is 1. The first-order chi connectivity index (χ1) is 12.5. The maximum atomic E-state index is 13.2. The van der Waals surface area contributed by atoms with Gasteiger partial charge < -0.3 is 15.1 Å². The number of rotatable bonds is 6. The Morgan fingerprint density at radius 3 is 2.54 bits per heavy atom. The monoisotopic (exact) mass is 391 g/mol. The van der Waals surface area contributed by atoms with E-state index in [1.165, 1.54) is 0 Å². The van der Waals surface area contributed by atoms with Crippen molar-refractivity contribution in [2.24, 2.45) is 0 Å². The number of carbonyl (C=O) groups excluding carboxylic acids is 1. The van der Waals surface area contributed by atoms with Crippen molar-refractivity contribution in [1.82, 2.24) is 9.80 Å². The summed E-state index contributed by atoms with van der Waals surface area (Å²) in [5, 5.41) is 4.60. The Balaban J connectivity index is 1.96. The summed E-state index contributed by atoms with van der Waals surface area (Å²) in [6.07, 6.45) is -0.322. The van der Waals surface area contributed by atoms with Crippen molar-refractivity contribution < 1.29 is 4.79 Å². The lowest BCUT2D eigenvalue weighted by molar-refractivity contribution is 0.0660. The average molecular weight is 392 g/mol. The quantitative estimate of drug-likeness (QED) is 0.760. The van der Waals surface area contributed by atoms with E-state index in [2.05, 4.69) is 24.1 Å². The van der Waals surface area contributed by atoms with E-state index < -0.39 is 0 Å². The number of carbonyl (C=O) groups is 1. The summed E-state index contributed by atoms with van der Waals surface area (Å²) in [7, 11) is 0. The molecule has 1 N–H and O–H groups in total. The minimum absolute atomic E-state index is 0.0162. The number of likely N-dealkylation sites (N-methyl/N-ethyl adjacent to an activating group) is 1. The van der Waals surface area contributed by atoms with Crippen LogP contribution in [0.2, 0.25) is 10.0 Å². The topological polar surface area (TPSA) is 35.6 Å². The lowest BCUT2D eigenvalue weighted by Crippen LogP contribution is -2.46. The van der Waals surface area contributed by atoms with Gasteiger partial charge in [-0.05, 0) is 37.4 Å². The number of halogens is 2. The van der Waals surface area contributed by atoms with Crippen LogP contribution in [0, 0.1) is 0 Å². The van der Waals surface area contributed by atoms with Crippen LogP contribution in [-0.4, -0.2) is 41.9 Å². The molecule has 1 amide bonds. The van der Waals surface area contributed by atoms with Gasteiger partial charge in [0.05, 0.1) is 5.56 Å². The van der Waals surface area contributed by atoms with Crippen LogP contribution >= 0.6 is 23.2 Å². The molecule has 0 aromatic heterocycles. The van der Waals surface area contributed by atoms with E-state index in [1.54, 1.807) is 12.1 Å². The van der Waals surface area contributed by atoms with Crippen LogP contribution in [0.3, 0.4) is 0 Å². The molecule has 1 heterocycles. The van der Waals surface area contributed by atoms with Gasteiger partial charge in [-0.3, -0.25) is 4.79 Å². The third-order valence-corrected chi connectivity index (χ3v) is 5.39. The average Bonchev–Trinajstić information content (AvgIpc) is 2.64. The minimum Gasteiger partial charge on any atom is -0.361 e. The molecule has 0 bridgehead atoms. The van der Waals surface area contributed by atoms with Crippen molar-refractivity contribution in [2.75, 3.05) is 31.5 Å². The van der Waals surface area contributed by atoms with Crippen molar-refractivity contribution in [1.29, 1.82) is 0 Å². The van der Waals surface area contributed by atoms with Crippen molar-refractivity contribution in [3.63, 3.8) is 0 Å². The molecule has 0 saturated heterocycles. The fraction of sp³-hybridized carbons (Fsp3) is 0.350. The third kappa shape index (κ3) is 3.83. The first kappa shape index (κ1) is 19.0. The lowest BCUT2D eigenvalue weighted by Gasteiger charge is -2.39. The van der Waals surface area contributed by atoms with E-state index in [1.807, 2.05) is 35.2 Å². The Hall–Kier alpha value is -1.75. The van der Waals surface area contributed by atoms with Gasteiger partial charge in [0.2, 0.25) is 0 Å². The maximum absolute atomic E-state index is 13.2. The summed E-state index contributed by atoms with van der Waals surface area (Å²) in [4.78, 5) is 17.3. The molecular formula is C20H23Cl2N3O. The molecular weight excluding hydrogens is 369 g/mol. The largest absolute Gasteiger partial charge is 0.361 e. The molecule has 4 nitrogen and oxygen atoms in total. The summed E-state index contributed by atoms with van der Waals surface area (Å²) in [6.45, 7) is 7.59. The highest BCUT2D eigenvalue weighted by Gasteiger charge is 2.33. The second kappa shape index (κ2) is 8.30. The Labute approximate surface area is 164 Å². The Morgan fingerprint density at radius 2 is 1.85 bits per heavy atom. The number of nitrogens with one attached hydrogen (secondary N) is 1. The molecule has 6 heteroatoms. The van der Waals surface area contributed by atoms with Crippen LogP contribution in [0.5, 0.6) is 0 Å². The molecule has 0 saturated carbocycles. The van der Waals surface area contributed by atoms with Crippen LogP contribution in [0.15, 0.2) is 42.5 Å². The zero-order chi connectivity index (χ0) is 18.7. The molecule has 1 aliphatic heterocycles. The van der Waals surface area contributed by atoms with Gasteiger partial charge in [0, 0.05) is 34.4 Å². The number of hydrogen-bond acceptors (Lipinski definition) is 3. The van der Waals surface area contributed by atoms with E-state index in [0.29, 0.717) is 22.2 Å². The summed E-state index contributed by atoms with van der Waals surface area (Å²) in [6, 6.07) is 13.0. The fourth-order valence-electron chi connectivity index (χ4n) is 3.28. The summed E-state index contributed by atoms with van der Waals surface area (Å²) in [5.74, 6) is 0.0162. The smallest absolute Gasteiger partial charge is 0.257 e. The van der Waals surface area contributed by atoms with Gasteiger partial charge in [-0.2, -0.15) is 0 Å². The Kier molecular flexibility index (Phi) is 6.07. The molecule has 2 aromatic carbocycles. The number of amides is 1. The van der Waals surface area contributed by atoms with Crippen molar-refractivity contribution >= 4 is 34.8 Å². The van der Waals surface area contributed by atoms with Crippen molar-refractivity contribution in [3.8, 4) is 0 Å². The van der Waals surface area contributed by atoms with E-state index in [4.69, 9.17) is 23.2 Å². The first-order valence-electron chi connectivity index (χ1n) is 8.89. The van der Waals surface area contributed by atoms with Gasteiger partial charge in [-0.25, -0.2) is 0 Å². The zero-order valence-corrected chi connectivity index (χ0v) is 16.5. The second-order valence-corrected chi connectivity index (χ2v) is 7.13. The van der Waals surface area contributed by atoms with Gasteiger partial charge >= 0.3 is 0 Å². The molecule has 0 unspecified atom stereocenters. The zero-order valence-electron chi connectivity index (χ0n) is 15.0. The minimum atomic E-state index is -0.322. The summed E-state index contributed by atoms with van der Waals surface area (Å²) >= 11 is 12.5. The Morgan fingerprint density at radius 1 is 1.12 bits per heavy atom. The van der Waals surface area contributed by atoms with Crippen LogP contribution in [0.4, 0.5) is 5.69 Å². The maximum Gasteiger partial charge on any atom is 0.257 e. The van der Waals surface area contributed by atoms with Crippen LogP contribution in [0.25, 0.3) is 0 Å². The number of benzene rings is 2. The second-order valence-electron chi connectivity index (χ2n) is 6.28. The predicted octanol–water partition coefficient (Wildman–Crippen LogP) is 4.90. The molecule has 0 aliphatic carbocycles. The van der Waals surface area contributed by atoms with Crippen LogP contribution in [0.1, 0.15) is 35.9 Å². The highest BCUT2D eigenvalue weighted by Crippen LogP contribution is 2.36. The van der Waals surface area contributed by atoms with Gasteiger partial charge in [0.1, 0.15) is 6.17 Å². The fourth-order valence-corrected chi connectivity index (χ4v) is 3.79. The van der Waals surface area contributed by atoms with E-state index in [9.17, 15) is 4.79 Å². The summed E-state index contributed by atoms with van der Waals surface area (Å²) in [5.41, 5.74) is 2.36. The summed E-state index contributed by atoms with van der Waals surface area (Å²) < 4.78 is 0. The number of nitrogens with zero attached hydrogens (tertiary/aromatic N) is 2. The van der Waals surface area contributed by atoms with Crippen molar-refractivity contribution in [3.05, 3.63) is 63.6 Å². The molecule has 138 valence electrons. The molecule has 3 rings (SSSR count). The van der Waals surface area contributed by atoms with E-state index in [-0.39, 0.29) is 12.1 Å². The number of hydrogen-bond donors (Lipinski definition) is 1. The van der Waals surface area contributed by atoms with E-state index >= 15 is 0 Å². The molecule has 2 aromatic rings.